The lowest BCUT2D eigenvalue weighted by Crippen LogP contribution is -2.12. The highest BCUT2D eigenvalue weighted by Gasteiger charge is 2.33. The monoisotopic (exact) mass is 485 g/mol. The quantitative estimate of drug-likeness (QED) is 0.362. The van der Waals surface area contributed by atoms with E-state index in [1.54, 1.807) is 6.92 Å². The molecule has 3 aromatic carbocycles. The molecular formula is C29H27NO4S. The molecule has 3 aromatic rings. The number of aliphatic imine (C=N–C) groups is 1. The van der Waals surface area contributed by atoms with E-state index in [1.807, 2.05) is 61.5 Å². The van der Waals surface area contributed by atoms with Crippen LogP contribution in [0.3, 0.4) is 0 Å². The second kappa shape index (κ2) is 11.1. The van der Waals surface area contributed by atoms with Crippen molar-refractivity contribution in [1.29, 1.82) is 0 Å². The Hall–Kier alpha value is -3.77. The van der Waals surface area contributed by atoms with Gasteiger partial charge < -0.3 is 14.6 Å². The van der Waals surface area contributed by atoms with Crippen molar-refractivity contribution in [3.63, 3.8) is 0 Å². The first-order valence-corrected chi connectivity index (χ1v) is 12.2. The molecular weight excluding hydrogens is 458 g/mol. The van der Waals surface area contributed by atoms with Gasteiger partial charge in [-0.3, -0.25) is 0 Å². The number of aryl methyl sites for hydroxylation is 2. The molecule has 0 aromatic heterocycles. The summed E-state index contributed by atoms with van der Waals surface area (Å²) < 4.78 is 11.1. The minimum Gasteiger partial charge on any atom is -0.506 e. The van der Waals surface area contributed by atoms with Crippen LogP contribution in [0.5, 0.6) is 5.75 Å². The minimum absolute atomic E-state index is 0.0849. The Balaban J connectivity index is 1.54. The molecule has 0 bridgehead atoms. The molecule has 178 valence electrons. The first-order chi connectivity index (χ1) is 16.9. The van der Waals surface area contributed by atoms with Gasteiger partial charge in [-0.2, -0.15) is 0 Å². The zero-order chi connectivity index (χ0) is 24.8. The summed E-state index contributed by atoms with van der Waals surface area (Å²) >= 11 is 1.24. The first-order valence-electron chi connectivity index (χ1n) is 11.4. The number of carbonyl (C=O) groups excluding carboxylic acids is 1. The summed E-state index contributed by atoms with van der Waals surface area (Å²) in [4.78, 5) is 17.7. The van der Waals surface area contributed by atoms with E-state index in [4.69, 9.17) is 9.47 Å². The highest BCUT2D eigenvalue weighted by molar-refractivity contribution is 8.18. The third-order valence-corrected chi connectivity index (χ3v) is 6.36. The number of esters is 1. The molecule has 0 spiro atoms. The van der Waals surface area contributed by atoms with E-state index in [0.29, 0.717) is 22.2 Å². The van der Waals surface area contributed by atoms with Crippen LogP contribution in [0.1, 0.15) is 29.2 Å². The number of carbonyl (C=O) groups is 1. The summed E-state index contributed by atoms with van der Waals surface area (Å²) in [5.41, 5.74) is 5.08. The van der Waals surface area contributed by atoms with E-state index in [9.17, 15) is 9.90 Å². The van der Waals surface area contributed by atoms with Crippen LogP contribution in [-0.2, 0) is 16.1 Å². The Bertz CT molecular complexity index is 1290. The molecule has 0 unspecified atom stereocenters. The number of hydrogen-bond donors (Lipinski definition) is 1. The number of nitrogens with zero attached hydrogens (tertiary/aromatic N) is 1. The van der Waals surface area contributed by atoms with Gasteiger partial charge in [0.1, 0.15) is 28.7 Å². The van der Waals surface area contributed by atoms with E-state index in [0.717, 1.165) is 22.4 Å². The Labute approximate surface area is 209 Å². The number of rotatable bonds is 7. The van der Waals surface area contributed by atoms with Gasteiger partial charge in [-0.15, -0.1) is 0 Å². The van der Waals surface area contributed by atoms with Crippen LogP contribution in [0.4, 0.5) is 5.69 Å². The van der Waals surface area contributed by atoms with E-state index in [-0.39, 0.29) is 17.9 Å². The van der Waals surface area contributed by atoms with Gasteiger partial charge in [0.05, 0.1) is 17.2 Å². The maximum Gasteiger partial charge on any atom is 0.344 e. The molecule has 0 saturated carbocycles. The fraction of sp³-hybridized carbons (Fsp3) is 0.172. The van der Waals surface area contributed by atoms with Crippen LogP contribution >= 0.6 is 11.8 Å². The molecule has 4 rings (SSSR count). The van der Waals surface area contributed by atoms with Crippen molar-refractivity contribution in [2.75, 3.05) is 6.61 Å². The maximum absolute atomic E-state index is 12.6. The molecule has 0 aliphatic carbocycles. The molecule has 1 aliphatic heterocycles. The second-order valence-electron chi connectivity index (χ2n) is 8.15. The lowest BCUT2D eigenvalue weighted by Gasteiger charge is -2.07. The van der Waals surface area contributed by atoms with Crippen LogP contribution in [0.2, 0.25) is 0 Å². The van der Waals surface area contributed by atoms with Crippen molar-refractivity contribution in [2.45, 2.75) is 27.4 Å². The minimum atomic E-state index is -0.591. The van der Waals surface area contributed by atoms with E-state index < -0.39 is 5.97 Å². The SMILES string of the molecule is CCOC(=O)C1=C(O)/C(=C\c2ccc(OCc3ccc(C)cc3)cc2)SC1=Nc1ccc(C)cc1. The average molecular weight is 486 g/mol. The molecule has 1 N–H and O–H groups in total. The Morgan fingerprint density at radius 3 is 2.20 bits per heavy atom. The summed E-state index contributed by atoms with van der Waals surface area (Å²) in [5, 5.41) is 11.3. The maximum atomic E-state index is 12.6. The summed E-state index contributed by atoms with van der Waals surface area (Å²) in [5.74, 6) is 0.0334. The van der Waals surface area contributed by atoms with Gasteiger partial charge in [-0.25, -0.2) is 9.79 Å². The van der Waals surface area contributed by atoms with Crippen LogP contribution in [0.15, 0.2) is 94.0 Å². The van der Waals surface area contributed by atoms with E-state index >= 15 is 0 Å². The Kier molecular flexibility index (Phi) is 7.73. The van der Waals surface area contributed by atoms with Gasteiger partial charge in [0.25, 0.3) is 0 Å². The predicted molar refractivity (Wildman–Crippen MR) is 142 cm³/mol. The zero-order valence-electron chi connectivity index (χ0n) is 19.9. The number of benzene rings is 3. The van der Waals surface area contributed by atoms with Crippen LogP contribution < -0.4 is 4.74 Å². The molecule has 0 atom stereocenters. The number of aliphatic hydroxyl groups excluding tert-OH is 1. The molecule has 1 heterocycles. The van der Waals surface area contributed by atoms with Crippen molar-refractivity contribution < 1.29 is 19.4 Å². The van der Waals surface area contributed by atoms with E-state index in [2.05, 4.69) is 36.2 Å². The summed E-state index contributed by atoms with van der Waals surface area (Å²) in [6.45, 7) is 6.48. The normalized spacial score (nSPS) is 15.6. The van der Waals surface area contributed by atoms with Gasteiger partial charge in [-0.05, 0) is 62.2 Å². The molecule has 1 aliphatic rings. The highest BCUT2D eigenvalue weighted by atomic mass is 32.2. The summed E-state index contributed by atoms with van der Waals surface area (Å²) in [7, 11) is 0. The van der Waals surface area contributed by atoms with Crippen molar-refractivity contribution in [3.8, 4) is 5.75 Å². The van der Waals surface area contributed by atoms with Gasteiger partial charge in [0, 0.05) is 0 Å². The first kappa shape index (κ1) is 24.4. The highest BCUT2D eigenvalue weighted by Crippen LogP contribution is 2.40. The zero-order valence-corrected chi connectivity index (χ0v) is 20.8. The molecule has 0 radical (unpaired) electrons. The smallest absolute Gasteiger partial charge is 0.344 e. The fourth-order valence-corrected chi connectivity index (χ4v) is 4.43. The number of ether oxygens (including phenoxy) is 2. The second-order valence-corrected chi connectivity index (χ2v) is 9.18. The third-order valence-electron chi connectivity index (χ3n) is 5.34. The van der Waals surface area contributed by atoms with Gasteiger partial charge in [-0.1, -0.05) is 71.4 Å². The predicted octanol–water partition coefficient (Wildman–Crippen LogP) is 7.08. The topological polar surface area (TPSA) is 68.1 Å². The standard InChI is InChI=1S/C29H27NO4S/c1-4-33-29(32)26-27(31)25(35-28(26)30-23-13-7-20(3)8-14-23)17-21-11-15-24(16-12-21)34-18-22-9-5-19(2)6-10-22/h5-17,31H,4,18H2,1-3H3/b25-17+,30-28?. The summed E-state index contributed by atoms with van der Waals surface area (Å²) in [6, 6.07) is 23.5. The van der Waals surface area contributed by atoms with Crippen LogP contribution in [0.25, 0.3) is 6.08 Å². The van der Waals surface area contributed by atoms with Crippen molar-refractivity contribution in [1.82, 2.24) is 0 Å². The largest absolute Gasteiger partial charge is 0.506 e. The fourth-order valence-electron chi connectivity index (χ4n) is 3.39. The van der Waals surface area contributed by atoms with Crippen LogP contribution in [0, 0.1) is 13.8 Å². The van der Waals surface area contributed by atoms with Gasteiger partial charge in [0.2, 0.25) is 0 Å². The van der Waals surface area contributed by atoms with Gasteiger partial charge >= 0.3 is 5.97 Å². The molecule has 6 heteroatoms. The Morgan fingerprint density at radius 2 is 1.57 bits per heavy atom. The Morgan fingerprint density at radius 1 is 0.943 bits per heavy atom. The average Bonchev–Trinajstić information content (AvgIpc) is 3.15. The number of thioether (sulfide) groups is 1. The number of hydrogen-bond acceptors (Lipinski definition) is 6. The molecule has 0 saturated heterocycles. The summed E-state index contributed by atoms with van der Waals surface area (Å²) in [6.07, 6.45) is 1.82. The van der Waals surface area contributed by atoms with Crippen molar-refractivity contribution in [3.05, 3.63) is 111 Å². The molecule has 0 amide bonds. The molecule has 35 heavy (non-hydrogen) atoms. The molecule has 5 nitrogen and oxygen atoms in total. The molecule has 0 fully saturated rings. The van der Waals surface area contributed by atoms with E-state index in [1.165, 1.54) is 17.3 Å². The van der Waals surface area contributed by atoms with Gasteiger partial charge in [0.15, 0.2) is 0 Å². The van der Waals surface area contributed by atoms with Crippen molar-refractivity contribution >= 4 is 34.5 Å². The van der Waals surface area contributed by atoms with Crippen LogP contribution in [-0.4, -0.2) is 22.7 Å². The number of aliphatic hydroxyl groups is 1. The third kappa shape index (κ3) is 6.22. The van der Waals surface area contributed by atoms with Crippen molar-refractivity contribution in [2.24, 2.45) is 4.99 Å². The lowest BCUT2D eigenvalue weighted by atomic mass is 10.1. The lowest BCUT2D eigenvalue weighted by molar-refractivity contribution is -0.138.